The van der Waals surface area contributed by atoms with E-state index in [0.29, 0.717) is 0 Å². The summed E-state index contributed by atoms with van der Waals surface area (Å²) in [5.41, 5.74) is 1.19. The molecule has 0 heterocycles. The first-order valence-corrected chi connectivity index (χ1v) is 6.59. The van der Waals surface area contributed by atoms with E-state index in [0.717, 1.165) is 24.8 Å². The Labute approximate surface area is 110 Å². The Morgan fingerprint density at radius 2 is 2.11 bits per heavy atom. The van der Waals surface area contributed by atoms with Gasteiger partial charge in [-0.3, -0.25) is 0 Å². The molecule has 0 unspecified atom stereocenters. The number of rotatable bonds is 8. The topological polar surface area (TPSA) is 45.0 Å². The molecule has 0 aliphatic rings. The zero-order valence-corrected chi connectivity index (χ0v) is 11.3. The van der Waals surface area contributed by atoms with Crippen LogP contribution in [0.3, 0.4) is 0 Å². The smallest absolute Gasteiger partial charge is 0.174 e. The van der Waals surface area contributed by atoms with Crippen LogP contribution in [0.2, 0.25) is 0 Å². The van der Waals surface area contributed by atoms with Crippen molar-refractivity contribution in [3.8, 4) is 11.8 Å². The molecule has 0 saturated heterocycles. The molecule has 1 rings (SSSR count). The number of nitriles is 1. The van der Waals surface area contributed by atoms with Crippen molar-refractivity contribution < 1.29 is 4.74 Å². The molecule has 18 heavy (non-hydrogen) atoms. The van der Waals surface area contributed by atoms with Gasteiger partial charge in [0.1, 0.15) is 11.8 Å². The van der Waals surface area contributed by atoms with E-state index >= 15 is 0 Å². The number of hydrogen-bond donors (Lipinski definition) is 1. The molecular formula is C15H22N2O. The number of hydrogen-bond acceptors (Lipinski definition) is 3. The average molecular weight is 246 g/mol. The second kappa shape index (κ2) is 8.54. The Kier molecular flexibility index (Phi) is 6.90. The van der Waals surface area contributed by atoms with Gasteiger partial charge in [-0.05, 0) is 30.2 Å². The predicted octanol–water partition coefficient (Wildman–Crippen LogP) is 3.11. The molecule has 0 fully saturated rings. The van der Waals surface area contributed by atoms with Crippen LogP contribution in [0, 0.1) is 17.2 Å². The highest BCUT2D eigenvalue weighted by Crippen LogP contribution is 2.13. The third kappa shape index (κ3) is 5.20. The molecular weight excluding hydrogens is 224 g/mol. The minimum atomic E-state index is 0.102. The van der Waals surface area contributed by atoms with E-state index in [9.17, 15) is 0 Å². The van der Waals surface area contributed by atoms with Crippen molar-refractivity contribution in [1.82, 2.24) is 5.32 Å². The molecule has 0 spiro atoms. The van der Waals surface area contributed by atoms with Crippen molar-refractivity contribution >= 4 is 0 Å². The van der Waals surface area contributed by atoms with Crippen molar-refractivity contribution in [1.29, 1.82) is 5.26 Å². The van der Waals surface area contributed by atoms with E-state index < -0.39 is 0 Å². The van der Waals surface area contributed by atoms with Crippen LogP contribution >= 0.6 is 0 Å². The van der Waals surface area contributed by atoms with Crippen LogP contribution in [0.15, 0.2) is 24.3 Å². The second-order valence-electron chi connectivity index (χ2n) is 4.41. The van der Waals surface area contributed by atoms with Gasteiger partial charge in [-0.2, -0.15) is 5.26 Å². The molecule has 1 aromatic carbocycles. The van der Waals surface area contributed by atoms with E-state index in [2.05, 4.69) is 25.2 Å². The van der Waals surface area contributed by atoms with Crippen molar-refractivity contribution in [2.24, 2.45) is 5.92 Å². The minimum Gasteiger partial charge on any atom is -0.479 e. The Balaban J connectivity index is 2.40. The van der Waals surface area contributed by atoms with Crippen LogP contribution in [0.1, 0.15) is 32.3 Å². The van der Waals surface area contributed by atoms with Crippen LogP contribution in [0.5, 0.6) is 5.75 Å². The lowest BCUT2D eigenvalue weighted by atomic mass is 10.0. The highest BCUT2D eigenvalue weighted by atomic mass is 16.5. The Hall–Kier alpha value is -1.53. The van der Waals surface area contributed by atoms with Gasteiger partial charge in [-0.25, -0.2) is 0 Å². The number of nitrogens with zero attached hydrogens (tertiary/aromatic N) is 1. The van der Waals surface area contributed by atoms with Gasteiger partial charge in [0.05, 0.1) is 0 Å². The quantitative estimate of drug-likeness (QED) is 0.766. The maximum absolute atomic E-state index is 8.47. The molecule has 0 aliphatic heterocycles. The van der Waals surface area contributed by atoms with Crippen molar-refractivity contribution in [2.45, 2.75) is 33.2 Å². The van der Waals surface area contributed by atoms with Gasteiger partial charge in [0, 0.05) is 6.54 Å². The lowest BCUT2D eigenvalue weighted by Gasteiger charge is -2.13. The fourth-order valence-electron chi connectivity index (χ4n) is 1.86. The van der Waals surface area contributed by atoms with Gasteiger partial charge in [-0.1, -0.05) is 38.8 Å². The van der Waals surface area contributed by atoms with Gasteiger partial charge in [0.15, 0.2) is 6.61 Å². The third-order valence-electron chi connectivity index (χ3n) is 3.12. The van der Waals surface area contributed by atoms with Gasteiger partial charge < -0.3 is 10.1 Å². The van der Waals surface area contributed by atoms with E-state index in [1.807, 2.05) is 24.3 Å². The summed E-state index contributed by atoms with van der Waals surface area (Å²) >= 11 is 0. The molecule has 0 aliphatic carbocycles. The summed E-state index contributed by atoms with van der Waals surface area (Å²) in [5.74, 6) is 1.52. The van der Waals surface area contributed by atoms with Gasteiger partial charge in [0.2, 0.25) is 0 Å². The maximum atomic E-state index is 8.47. The van der Waals surface area contributed by atoms with Crippen molar-refractivity contribution in [3.63, 3.8) is 0 Å². The van der Waals surface area contributed by atoms with Crippen molar-refractivity contribution in [2.75, 3.05) is 13.2 Å². The molecule has 3 heteroatoms. The van der Waals surface area contributed by atoms with Crippen LogP contribution in [-0.4, -0.2) is 13.2 Å². The van der Waals surface area contributed by atoms with Gasteiger partial charge >= 0.3 is 0 Å². The van der Waals surface area contributed by atoms with Crippen LogP contribution in [-0.2, 0) is 6.54 Å². The SMILES string of the molecule is CCC(CC)CNCc1cccc(OCC#N)c1. The molecule has 3 nitrogen and oxygen atoms in total. The predicted molar refractivity (Wildman–Crippen MR) is 73.3 cm³/mol. The van der Waals surface area contributed by atoms with Gasteiger partial charge in [0.25, 0.3) is 0 Å². The van der Waals surface area contributed by atoms with E-state index in [1.165, 1.54) is 18.4 Å². The third-order valence-corrected chi connectivity index (χ3v) is 3.12. The average Bonchev–Trinajstić information content (AvgIpc) is 2.42. The summed E-state index contributed by atoms with van der Waals surface area (Å²) in [4.78, 5) is 0. The normalized spacial score (nSPS) is 10.3. The molecule has 98 valence electrons. The lowest BCUT2D eigenvalue weighted by molar-refractivity contribution is 0.367. The first kappa shape index (κ1) is 14.5. The highest BCUT2D eigenvalue weighted by molar-refractivity contribution is 5.28. The number of ether oxygens (including phenoxy) is 1. The lowest BCUT2D eigenvalue weighted by Crippen LogP contribution is -2.21. The Morgan fingerprint density at radius 1 is 1.33 bits per heavy atom. The summed E-state index contributed by atoms with van der Waals surface area (Å²) in [6.07, 6.45) is 2.43. The molecule has 0 amide bonds. The highest BCUT2D eigenvalue weighted by Gasteiger charge is 2.02. The second-order valence-corrected chi connectivity index (χ2v) is 4.41. The Bertz CT molecular complexity index is 380. The number of nitrogens with one attached hydrogen (secondary N) is 1. The fraction of sp³-hybridized carbons (Fsp3) is 0.533. The standard InChI is InChI=1S/C15H22N2O/c1-3-13(4-2)11-17-12-14-6-5-7-15(10-14)18-9-8-16/h5-7,10,13,17H,3-4,9,11-12H2,1-2H3. The molecule has 0 aromatic heterocycles. The summed E-state index contributed by atoms with van der Waals surface area (Å²) in [7, 11) is 0. The first-order valence-electron chi connectivity index (χ1n) is 6.59. The summed E-state index contributed by atoms with van der Waals surface area (Å²) < 4.78 is 5.28. The zero-order chi connectivity index (χ0) is 13.2. The van der Waals surface area contributed by atoms with Crippen LogP contribution in [0.25, 0.3) is 0 Å². The summed E-state index contributed by atoms with van der Waals surface area (Å²) in [5, 5.41) is 11.9. The Morgan fingerprint density at radius 3 is 2.78 bits per heavy atom. The molecule has 0 saturated carbocycles. The molecule has 0 radical (unpaired) electrons. The van der Waals surface area contributed by atoms with Crippen molar-refractivity contribution in [3.05, 3.63) is 29.8 Å². The van der Waals surface area contributed by atoms with Crippen LogP contribution < -0.4 is 10.1 Å². The maximum Gasteiger partial charge on any atom is 0.174 e. The first-order chi connectivity index (χ1) is 8.80. The summed E-state index contributed by atoms with van der Waals surface area (Å²) in [6.45, 7) is 6.46. The molecule has 1 N–H and O–H groups in total. The van der Waals surface area contributed by atoms with Crippen LogP contribution in [0.4, 0.5) is 0 Å². The zero-order valence-electron chi connectivity index (χ0n) is 11.3. The summed E-state index contributed by atoms with van der Waals surface area (Å²) in [6, 6.07) is 9.86. The monoisotopic (exact) mass is 246 g/mol. The molecule has 0 bridgehead atoms. The van der Waals surface area contributed by atoms with E-state index in [4.69, 9.17) is 10.00 Å². The van der Waals surface area contributed by atoms with E-state index in [-0.39, 0.29) is 6.61 Å². The fourth-order valence-corrected chi connectivity index (χ4v) is 1.86. The van der Waals surface area contributed by atoms with E-state index in [1.54, 1.807) is 0 Å². The molecule has 1 aromatic rings. The van der Waals surface area contributed by atoms with Gasteiger partial charge in [-0.15, -0.1) is 0 Å². The largest absolute Gasteiger partial charge is 0.479 e. The molecule has 0 atom stereocenters. The minimum absolute atomic E-state index is 0.102. The number of benzene rings is 1.